The van der Waals surface area contributed by atoms with Crippen molar-refractivity contribution in [2.24, 2.45) is 0 Å². The molecule has 0 radical (unpaired) electrons. The molecule has 0 aliphatic rings. The van der Waals surface area contributed by atoms with E-state index in [0.717, 1.165) is 11.8 Å². The molecule has 1 aromatic rings. The van der Waals surface area contributed by atoms with Crippen molar-refractivity contribution in [3.63, 3.8) is 0 Å². The van der Waals surface area contributed by atoms with Crippen LogP contribution in [-0.2, 0) is 9.53 Å². The molecule has 0 saturated heterocycles. The number of hydrogen-bond donors (Lipinski definition) is 0. The first-order valence-corrected chi connectivity index (χ1v) is 4.88. The van der Waals surface area contributed by atoms with Gasteiger partial charge in [-0.15, -0.1) is 0 Å². The lowest BCUT2D eigenvalue weighted by Gasteiger charge is -1.95. The molecule has 0 bridgehead atoms. The van der Waals surface area contributed by atoms with Crippen LogP contribution >= 0.6 is 0 Å². The third-order valence-corrected chi connectivity index (χ3v) is 1.80. The highest BCUT2D eigenvalue weighted by atomic mass is 16.5. The molecule has 4 heteroatoms. The maximum atomic E-state index is 10.7. The summed E-state index contributed by atoms with van der Waals surface area (Å²) in [6.07, 6.45) is 5.22. The lowest BCUT2D eigenvalue weighted by atomic mass is 10.2. The van der Waals surface area contributed by atoms with Crippen LogP contribution in [0.15, 0.2) is 36.4 Å². The molecule has 16 heavy (non-hydrogen) atoms. The average molecular weight is 216 g/mol. The molecule has 0 atom stereocenters. The lowest BCUT2D eigenvalue weighted by molar-refractivity contribution is -0.138. The molecule has 1 aromatic carbocycles. The van der Waals surface area contributed by atoms with E-state index in [1.54, 1.807) is 0 Å². The van der Waals surface area contributed by atoms with Gasteiger partial charge in [0.1, 0.15) is 0 Å². The van der Waals surface area contributed by atoms with Crippen LogP contribution in [0.25, 0.3) is 11.6 Å². The SMILES string of the molecule is [N-]=[N+]=CC(=O)OCC/C=C\c1ccccc1. The van der Waals surface area contributed by atoms with Gasteiger partial charge in [-0.05, 0) is 12.0 Å². The normalized spacial score (nSPS) is 9.75. The summed E-state index contributed by atoms with van der Waals surface area (Å²) in [6.45, 7) is 0.272. The zero-order valence-electron chi connectivity index (χ0n) is 8.74. The minimum Gasteiger partial charge on any atom is -0.457 e. The Balaban J connectivity index is 2.23. The van der Waals surface area contributed by atoms with Gasteiger partial charge in [-0.1, -0.05) is 42.5 Å². The van der Waals surface area contributed by atoms with Crippen LogP contribution in [0.2, 0.25) is 0 Å². The van der Waals surface area contributed by atoms with Crippen LogP contribution in [0.5, 0.6) is 0 Å². The molecule has 0 saturated carbocycles. The fraction of sp³-hybridized carbons (Fsp3) is 0.167. The Hall–Kier alpha value is -2.19. The number of carbonyl (C=O) groups excluding carboxylic acids is 1. The highest BCUT2D eigenvalue weighted by molar-refractivity contribution is 6.20. The molecular formula is C12H12N2O2. The van der Waals surface area contributed by atoms with Crippen molar-refractivity contribution in [1.29, 1.82) is 0 Å². The quantitative estimate of drug-likeness (QED) is 0.248. The molecular weight excluding hydrogens is 204 g/mol. The molecule has 0 spiro atoms. The Kier molecular flexibility index (Phi) is 5.31. The second kappa shape index (κ2) is 7.15. The summed E-state index contributed by atoms with van der Waals surface area (Å²) in [6, 6.07) is 9.84. The van der Waals surface area contributed by atoms with Crippen molar-refractivity contribution in [1.82, 2.24) is 0 Å². The van der Waals surface area contributed by atoms with Crippen molar-refractivity contribution >= 4 is 18.3 Å². The highest BCUT2D eigenvalue weighted by Crippen LogP contribution is 2.01. The van der Waals surface area contributed by atoms with E-state index in [1.807, 2.05) is 42.5 Å². The predicted octanol–water partition coefficient (Wildman–Crippen LogP) is 1.93. The van der Waals surface area contributed by atoms with E-state index in [4.69, 9.17) is 10.3 Å². The molecule has 0 aliphatic carbocycles. The maximum absolute atomic E-state index is 10.7. The Bertz CT molecular complexity index is 406. The van der Waals surface area contributed by atoms with Crippen LogP contribution in [-0.4, -0.2) is 23.6 Å². The summed E-state index contributed by atoms with van der Waals surface area (Å²) in [7, 11) is 0. The van der Waals surface area contributed by atoms with Crippen LogP contribution < -0.4 is 0 Å². The van der Waals surface area contributed by atoms with Gasteiger partial charge in [0, 0.05) is 0 Å². The van der Waals surface area contributed by atoms with Crippen LogP contribution in [0.1, 0.15) is 12.0 Å². The zero-order chi connectivity index (χ0) is 11.6. The van der Waals surface area contributed by atoms with E-state index in [1.165, 1.54) is 0 Å². The second-order valence-electron chi connectivity index (χ2n) is 3.01. The first-order chi connectivity index (χ1) is 7.83. The van der Waals surface area contributed by atoms with Gasteiger partial charge in [0.05, 0.1) is 6.61 Å². The minimum atomic E-state index is -0.643. The van der Waals surface area contributed by atoms with E-state index in [2.05, 4.69) is 4.79 Å². The van der Waals surface area contributed by atoms with Crippen molar-refractivity contribution < 1.29 is 14.3 Å². The van der Waals surface area contributed by atoms with Gasteiger partial charge in [-0.3, -0.25) is 0 Å². The number of ether oxygens (including phenoxy) is 1. The number of benzene rings is 1. The van der Waals surface area contributed by atoms with Gasteiger partial charge < -0.3 is 10.3 Å². The molecule has 4 nitrogen and oxygen atoms in total. The van der Waals surface area contributed by atoms with Crippen molar-refractivity contribution in [2.75, 3.05) is 6.61 Å². The lowest BCUT2D eigenvalue weighted by Crippen LogP contribution is -2.06. The standard InChI is InChI=1S/C12H12N2O2/c13-14-10-12(15)16-9-5-4-8-11-6-2-1-3-7-11/h1-4,6-8,10H,5,9H2/b8-4-. The van der Waals surface area contributed by atoms with E-state index < -0.39 is 5.97 Å². The molecule has 0 aromatic heterocycles. The molecule has 82 valence electrons. The number of nitrogens with zero attached hydrogens (tertiary/aromatic N) is 2. The first kappa shape index (κ1) is 11.9. The topological polar surface area (TPSA) is 62.7 Å². The van der Waals surface area contributed by atoms with E-state index in [0.29, 0.717) is 6.42 Å². The predicted molar refractivity (Wildman–Crippen MR) is 60.7 cm³/mol. The summed E-state index contributed by atoms with van der Waals surface area (Å²) in [4.78, 5) is 13.3. The number of esters is 1. The number of rotatable bonds is 5. The van der Waals surface area contributed by atoms with E-state index >= 15 is 0 Å². The second-order valence-corrected chi connectivity index (χ2v) is 3.01. The monoisotopic (exact) mass is 216 g/mol. The molecule has 1 rings (SSSR count). The van der Waals surface area contributed by atoms with Gasteiger partial charge in [0.15, 0.2) is 0 Å². The Morgan fingerprint density at radius 3 is 2.81 bits per heavy atom. The minimum absolute atomic E-state index is 0.272. The van der Waals surface area contributed by atoms with Gasteiger partial charge >= 0.3 is 12.2 Å². The molecule has 0 N–H and O–H groups in total. The molecule has 0 amide bonds. The van der Waals surface area contributed by atoms with Gasteiger partial charge in [-0.2, -0.15) is 4.79 Å². The first-order valence-electron chi connectivity index (χ1n) is 4.88. The summed E-state index contributed by atoms with van der Waals surface area (Å²) < 4.78 is 4.72. The van der Waals surface area contributed by atoms with Crippen molar-refractivity contribution in [3.8, 4) is 0 Å². The van der Waals surface area contributed by atoms with Gasteiger partial charge in [-0.25, -0.2) is 4.79 Å². The fourth-order valence-corrected chi connectivity index (χ4v) is 1.10. The Labute approximate surface area is 93.8 Å². The molecule has 0 aliphatic heterocycles. The molecule has 0 unspecified atom stereocenters. The summed E-state index contributed by atoms with van der Waals surface area (Å²) in [5.74, 6) is -0.643. The van der Waals surface area contributed by atoms with E-state index in [9.17, 15) is 4.79 Å². The van der Waals surface area contributed by atoms with Crippen molar-refractivity contribution in [2.45, 2.75) is 6.42 Å². The largest absolute Gasteiger partial charge is 0.457 e. The Morgan fingerprint density at radius 2 is 2.12 bits per heavy atom. The van der Waals surface area contributed by atoms with Crippen LogP contribution in [0, 0.1) is 0 Å². The zero-order valence-corrected chi connectivity index (χ0v) is 8.74. The third kappa shape index (κ3) is 4.88. The van der Waals surface area contributed by atoms with Crippen LogP contribution in [0.3, 0.4) is 0 Å². The summed E-state index contributed by atoms with van der Waals surface area (Å²) in [5, 5.41) is 0. The van der Waals surface area contributed by atoms with Gasteiger partial charge in [0.25, 0.3) is 0 Å². The smallest absolute Gasteiger partial charge is 0.413 e. The van der Waals surface area contributed by atoms with Gasteiger partial charge in [0.2, 0.25) is 0 Å². The van der Waals surface area contributed by atoms with Crippen molar-refractivity contribution in [3.05, 3.63) is 47.5 Å². The number of carbonyl (C=O) groups is 1. The Morgan fingerprint density at radius 1 is 1.38 bits per heavy atom. The highest BCUT2D eigenvalue weighted by Gasteiger charge is 2.00. The molecule has 0 fully saturated rings. The summed E-state index contributed by atoms with van der Waals surface area (Å²) in [5.41, 5.74) is 9.15. The fourth-order valence-electron chi connectivity index (χ4n) is 1.10. The average Bonchev–Trinajstić information content (AvgIpc) is 2.30. The van der Waals surface area contributed by atoms with Crippen LogP contribution in [0.4, 0.5) is 0 Å². The number of hydrogen-bond acceptors (Lipinski definition) is 2. The third-order valence-electron chi connectivity index (χ3n) is 1.80. The van der Waals surface area contributed by atoms with E-state index in [-0.39, 0.29) is 6.61 Å². The summed E-state index contributed by atoms with van der Waals surface area (Å²) >= 11 is 0. The maximum Gasteiger partial charge on any atom is 0.413 e. The molecule has 0 heterocycles.